The van der Waals surface area contributed by atoms with E-state index >= 15 is 0 Å². The SMILES string of the molecule is Ic1cccc(-c2cccc(C3=CI=CC(c4ccccc4)=C3)c2)c1. The Kier molecular flexibility index (Phi) is 5.27. The van der Waals surface area contributed by atoms with Crippen molar-refractivity contribution in [2.45, 2.75) is 0 Å². The molecule has 0 aliphatic carbocycles. The van der Waals surface area contributed by atoms with Crippen LogP contribution < -0.4 is 0 Å². The van der Waals surface area contributed by atoms with E-state index in [2.05, 4.69) is 116 Å². The maximum absolute atomic E-state index is 2.42. The third kappa shape index (κ3) is 4.01. The van der Waals surface area contributed by atoms with Gasteiger partial charge in [-0.2, -0.15) is 0 Å². The van der Waals surface area contributed by atoms with E-state index in [9.17, 15) is 0 Å². The molecule has 0 N–H and O–H groups in total. The molecule has 0 atom stereocenters. The zero-order valence-corrected chi connectivity index (χ0v) is 17.8. The summed E-state index contributed by atoms with van der Waals surface area (Å²) in [6.45, 7) is 0. The second-order valence-electron chi connectivity index (χ2n) is 5.86. The van der Waals surface area contributed by atoms with Crippen LogP contribution in [0.15, 0.2) is 89.0 Å². The van der Waals surface area contributed by atoms with Crippen LogP contribution in [0.5, 0.6) is 0 Å². The Labute approximate surface area is 172 Å². The van der Waals surface area contributed by atoms with Crippen molar-refractivity contribution in [2.24, 2.45) is 0 Å². The van der Waals surface area contributed by atoms with Gasteiger partial charge in [-0.1, -0.05) is 81.4 Å². The van der Waals surface area contributed by atoms with E-state index in [-0.39, 0.29) is 20.7 Å². The van der Waals surface area contributed by atoms with Crippen LogP contribution in [0.2, 0.25) is 0 Å². The van der Waals surface area contributed by atoms with Gasteiger partial charge in [0.1, 0.15) is 0 Å². The lowest BCUT2D eigenvalue weighted by Gasteiger charge is -2.11. The van der Waals surface area contributed by atoms with Gasteiger partial charge in [0.15, 0.2) is 0 Å². The first-order chi connectivity index (χ1) is 12.3. The molecule has 3 aromatic rings. The van der Waals surface area contributed by atoms with Crippen LogP contribution in [-0.2, 0) is 0 Å². The minimum absolute atomic E-state index is 0.0442. The predicted molar refractivity (Wildman–Crippen MR) is 127 cm³/mol. The molecule has 4 rings (SSSR count). The van der Waals surface area contributed by atoms with Gasteiger partial charge >= 0.3 is 0 Å². The van der Waals surface area contributed by atoms with E-state index in [1.807, 2.05) is 0 Å². The molecule has 0 nitrogen and oxygen atoms in total. The maximum atomic E-state index is 2.42. The summed E-state index contributed by atoms with van der Waals surface area (Å²) < 4.78 is 6.09. The lowest BCUT2D eigenvalue weighted by atomic mass is 9.97. The second-order valence-corrected chi connectivity index (χ2v) is 9.07. The molecule has 122 valence electrons. The average Bonchev–Trinajstić information content (AvgIpc) is 2.69. The molecule has 0 radical (unpaired) electrons. The van der Waals surface area contributed by atoms with Crippen molar-refractivity contribution < 1.29 is 0 Å². The van der Waals surface area contributed by atoms with Crippen LogP contribution in [0.4, 0.5) is 0 Å². The highest BCUT2D eigenvalue weighted by Gasteiger charge is 2.07. The smallest absolute Gasteiger partial charge is 0.0136 e. The van der Waals surface area contributed by atoms with Gasteiger partial charge in [0.25, 0.3) is 0 Å². The quantitative estimate of drug-likeness (QED) is 0.306. The number of allylic oxidation sites excluding steroid dienone is 3. The molecular weight excluding hydrogens is 530 g/mol. The molecule has 3 aromatic carbocycles. The molecular formula is C23H16I2. The van der Waals surface area contributed by atoms with Gasteiger partial charge in [-0.3, -0.25) is 0 Å². The Morgan fingerprint density at radius 1 is 0.600 bits per heavy atom. The minimum Gasteiger partial charge on any atom is -0.0924 e. The van der Waals surface area contributed by atoms with Gasteiger partial charge in [0, 0.05) is 3.57 Å². The lowest BCUT2D eigenvalue weighted by molar-refractivity contribution is 1.56. The minimum atomic E-state index is -0.0442. The molecule has 0 fully saturated rings. The monoisotopic (exact) mass is 546 g/mol. The molecule has 0 aromatic heterocycles. The molecule has 2 heteroatoms. The van der Waals surface area contributed by atoms with Gasteiger partial charge in [0.05, 0.1) is 0 Å². The highest BCUT2D eigenvalue weighted by atomic mass is 127. The molecule has 0 saturated carbocycles. The predicted octanol–water partition coefficient (Wildman–Crippen LogP) is 7.17. The van der Waals surface area contributed by atoms with E-state index in [0.29, 0.717) is 0 Å². The van der Waals surface area contributed by atoms with Crippen LogP contribution in [0.25, 0.3) is 22.3 Å². The van der Waals surface area contributed by atoms with E-state index in [0.717, 1.165) is 0 Å². The number of hydrogen-bond acceptors (Lipinski definition) is 0. The number of rotatable bonds is 3. The van der Waals surface area contributed by atoms with E-state index in [1.54, 1.807) is 0 Å². The molecule has 1 aliphatic heterocycles. The van der Waals surface area contributed by atoms with Gasteiger partial charge in [-0.25, -0.2) is 0 Å². The molecule has 0 spiro atoms. The van der Waals surface area contributed by atoms with Crippen molar-refractivity contribution in [2.75, 3.05) is 0 Å². The fraction of sp³-hybridized carbons (Fsp3) is 0. The van der Waals surface area contributed by atoms with Crippen molar-refractivity contribution in [1.29, 1.82) is 0 Å². The van der Waals surface area contributed by atoms with E-state index in [1.165, 1.54) is 37.0 Å². The third-order valence-corrected chi connectivity index (χ3v) is 6.87. The Bertz CT molecular complexity index is 995. The standard InChI is InChI=1S/C23H16I2/c24-23-11-5-10-20(14-23)18-8-4-9-19(12-18)22-13-21(15-25-16-22)17-6-2-1-3-7-17/h1-16H. The fourth-order valence-corrected chi connectivity index (χ4v) is 5.44. The first-order valence-corrected chi connectivity index (χ1v) is 11.7. The molecule has 0 bridgehead atoms. The van der Waals surface area contributed by atoms with E-state index < -0.39 is 0 Å². The lowest BCUT2D eigenvalue weighted by Crippen LogP contribution is -1.90. The van der Waals surface area contributed by atoms with Gasteiger partial charge in [0.2, 0.25) is 0 Å². The average molecular weight is 546 g/mol. The largest absolute Gasteiger partial charge is 0.0924 e. The summed E-state index contributed by atoms with van der Waals surface area (Å²) in [6, 6.07) is 28.2. The fourth-order valence-electron chi connectivity index (χ4n) is 2.87. The summed E-state index contributed by atoms with van der Waals surface area (Å²) in [5.74, 6) is 0. The van der Waals surface area contributed by atoms with E-state index in [4.69, 9.17) is 0 Å². The highest BCUT2D eigenvalue weighted by molar-refractivity contribution is 14.2. The molecule has 1 aliphatic rings. The Hall–Kier alpha value is -1.53. The van der Waals surface area contributed by atoms with Crippen LogP contribution in [0.3, 0.4) is 0 Å². The summed E-state index contributed by atoms with van der Waals surface area (Å²) in [4.78, 5) is 0. The zero-order valence-electron chi connectivity index (χ0n) is 13.5. The summed E-state index contributed by atoms with van der Waals surface area (Å²) in [6.07, 6.45) is 2.33. The number of halogens is 2. The van der Waals surface area contributed by atoms with Crippen molar-refractivity contribution in [3.8, 4) is 11.1 Å². The molecule has 0 amide bonds. The Morgan fingerprint density at radius 3 is 2.08 bits per heavy atom. The molecule has 0 saturated heterocycles. The summed E-state index contributed by atoms with van der Waals surface area (Å²) in [5.41, 5.74) is 7.87. The second kappa shape index (κ2) is 7.79. The van der Waals surface area contributed by atoms with Crippen molar-refractivity contribution in [3.05, 3.63) is 104 Å². The molecule has 25 heavy (non-hydrogen) atoms. The zero-order chi connectivity index (χ0) is 17.1. The summed E-state index contributed by atoms with van der Waals surface area (Å²) in [5, 5.41) is 0. The van der Waals surface area contributed by atoms with Crippen LogP contribution in [-0.4, -0.2) is 4.01 Å². The van der Waals surface area contributed by atoms with Crippen molar-refractivity contribution >= 4 is 58.5 Å². The van der Waals surface area contributed by atoms with Gasteiger partial charge in [-0.05, 0) is 88.4 Å². The highest BCUT2D eigenvalue weighted by Crippen LogP contribution is 2.31. The number of hydrogen-bond donors (Lipinski definition) is 0. The first kappa shape index (κ1) is 16.9. The Balaban J connectivity index is 1.71. The number of benzene rings is 3. The van der Waals surface area contributed by atoms with Crippen LogP contribution >= 0.6 is 43.3 Å². The topological polar surface area (TPSA) is 0 Å². The Morgan fingerprint density at radius 2 is 1.28 bits per heavy atom. The summed E-state index contributed by atoms with van der Waals surface area (Å²) >= 11 is 2.33. The van der Waals surface area contributed by atoms with Gasteiger partial charge in [-0.15, -0.1) is 0 Å². The normalized spacial score (nSPS) is 13.6. The van der Waals surface area contributed by atoms with Crippen molar-refractivity contribution in [1.82, 2.24) is 0 Å². The summed E-state index contributed by atoms with van der Waals surface area (Å²) in [7, 11) is 0. The van der Waals surface area contributed by atoms with Crippen molar-refractivity contribution in [3.63, 3.8) is 0 Å². The van der Waals surface area contributed by atoms with Gasteiger partial charge < -0.3 is 0 Å². The van der Waals surface area contributed by atoms with Crippen LogP contribution in [0.1, 0.15) is 11.1 Å². The molecule has 1 heterocycles. The maximum Gasteiger partial charge on any atom is 0.0136 e. The first-order valence-electron chi connectivity index (χ1n) is 8.08. The molecule has 0 unspecified atom stereocenters. The van der Waals surface area contributed by atoms with Crippen LogP contribution in [0, 0.1) is 3.57 Å². The third-order valence-electron chi connectivity index (χ3n) is 4.13.